The van der Waals surface area contributed by atoms with E-state index in [4.69, 9.17) is 33.7 Å². The van der Waals surface area contributed by atoms with Crippen LogP contribution in [0.3, 0.4) is 0 Å². The number of aromatic nitrogens is 4. The molecule has 2 aliphatic rings. The predicted octanol–water partition coefficient (Wildman–Crippen LogP) is 7.02. The molecule has 2 aromatic heterocycles. The predicted molar refractivity (Wildman–Crippen MR) is 177 cm³/mol. The SMILES string of the molecule is CCC1NC(C(=O)O)CC12CCN(c1cc(O[C@H](c3ccc(-c4cc(Cl)cc(Cl)c4)cc3-n3ccc(C)n3)C(F)(F)F)nc(N)n1)CC2. The zero-order valence-electron chi connectivity index (χ0n) is 26.1. The first-order valence-corrected chi connectivity index (χ1v) is 16.2. The number of hydrogen-bond donors (Lipinski definition) is 3. The van der Waals surface area contributed by atoms with Crippen LogP contribution in [0.4, 0.5) is 24.9 Å². The first-order chi connectivity index (χ1) is 22.7. The van der Waals surface area contributed by atoms with Crippen LogP contribution in [-0.2, 0) is 4.79 Å². The monoisotopic (exact) mass is 703 g/mol. The Morgan fingerprint density at radius 1 is 1.10 bits per heavy atom. The first kappa shape index (κ1) is 33.8. The summed E-state index contributed by atoms with van der Waals surface area (Å²) in [4.78, 5) is 22.0. The van der Waals surface area contributed by atoms with Crippen LogP contribution in [0.2, 0.25) is 10.0 Å². The highest BCUT2D eigenvalue weighted by Crippen LogP contribution is 2.46. The molecule has 15 heteroatoms. The van der Waals surface area contributed by atoms with Gasteiger partial charge in [-0.15, -0.1) is 0 Å². The minimum atomic E-state index is -4.86. The molecule has 4 aromatic rings. The van der Waals surface area contributed by atoms with E-state index in [1.165, 1.54) is 16.8 Å². The number of anilines is 2. The molecule has 3 atom stereocenters. The Morgan fingerprint density at radius 3 is 2.42 bits per heavy atom. The summed E-state index contributed by atoms with van der Waals surface area (Å²) < 4.78 is 51.7. The molecule has 10 nitrogen and oxygen atoms in total. The largest absolute Gasteiger partial charge is 0.480 e. The lowest BCUT2D eigenvalue weighted by molar-refractivity contribution is -0.198. The Balaban J connectivity index is 1.31. The quantitative estimate of drug-likeness (QED) is 0.177. The lowest BCUT2D eigenvalue weighted by atomic mass is 9.71. The Labute approximate surface area is 285 Å². The van der Waals surface area contributed by atoms with Crippen molar-refractivity contribution in [3.8, 4) is 22.7 Å². The Hall–Kier alpha value is -4.07. The summed E-state index contributed by atoms with van der Waals surface area (Å²) in [7, 11) is 0. The van der Waals surface area contributed by atoms with Gasteiger partial charge in [0.15, 0.2) is 0 Å². The number of nitrogens with zero attached hydrogens (tertiary/aromatic N) is 5. The summed E-state index contributed by atoms with van der Waals surface area (Å²) in [5.74, 6) is -1.11. The number of carbonyl (C=O) groups is 1. The number of halogens is 5. The number of benzene rings is 2. The molecular formula is C33H34Cl2F3N7O3. The molecule has 2 aliphatic heterocycles. The van der Waals surface area contributed by atoms with E-state index in [9.17, 15) is 23.1 Å². The van der Waals surface area contributed by atoms with Gasteiger partial charge in [0.25, 0.3) is 0 Å². The van der Waals surface area contributed by atoms with Crippen molar-refractivity contribution in [1.29, 1.82) is 0 Å². The standard InChI is InChI=1S/C33H34Cl2F3N7O3/c1-3-26-32(17-24(40-26)30(46)47)7-10-44(11-8-32)27-16-28(42-31(39)41-27)48-29(33(36,37)38)23-5-4-19(20-12-21(34)15-22(35)13-20)14-25(23)45-9-6-18(2)43-45/h4-6,9,12-16,24,26,29,40H,3,7-8,10-11,17H2,1-2H3,(H,46,47)(H2,39,41,42)/t24?,26?,29-/m1/s1. The fourth-order valence-corrected chi connectivity index (χ4v) is 7.49. The molecular weight excluding hydrogens is 670 g/mol. The Bertz CT molecular complexity index is 1810. The number of nitrogens with one attached hydrogen (secondary N) is 1. The van der Waals surface area contributed by atoms with Crippen LogP contribution < -0.4 is 20.7 Å². The average molecular weight is 705 g/mol. The van der Waals surface area contributed by atoms with Crippen molar-refractivity contribution in [2.45, 2.75) is 63.9 Å². The van der Waals surface area contributed by atoms with Gasteiger partial charge in [0.05, 0.1) is 11.4 Å². The van der Waals surface area contributed by atoms with E-state index in [1.54, 1.807) is 49.5 Å². The number of piperidine rings is 1. The van der Waals surface area contributed by atoms with E-state index in [2.05, 4.69) is 20.4 Å². The lowest BCUT2D eigenvalue weighted by Crippen LogP contribution is -2.46. The third-order valence-corrected chi connectivity index (χ3v) is 9.70. The Morgan fingerprint density at radius 2 is 1.81 bits per heavy atom. The van der Waals surface area contributed by atoms with Crippen LogP contribution in [-0.4, -0.2) is 62.2 Å². The van der Waals surface area contributed by atoms with Gasteiger partial charge < -0.3 is 25.8 Å². The second-order valence-corrected chi connectivity index (χ2v) is 13.2. The fourth-order valence-electron chi connectivity index (χ4n) is 6.96. The number of nitrogens with two attached hydrogens (primary N) is 1. The van der Waals surface area contributed by atoms with Crippen molar-refractivity contribution < 1.29 is 27.8 Å². The van der Waals surface area contributed by atoms with E-state index in [0.29, 0.717) is 65.0 Å². The number of hydrogen-bond acceptors (Lipinski definition) is 8. The molecule has 0 saturated carbocycles. The maximum Gasteiger partial charge on any atom is 0.429 e. The zero-order chi connectivity index (χ0) is 34.4. The highest BCUT2D eigenvalue weighted by atomic mass is 35.5. The Kier molecular flexibility index (Phi) is 9.22. The molecule has 48 heavy (non-hydrogen) atoms. The van der Waals surface area contributed by atoms with Gasteiger partial charge in [0.2, 0.25) is 17.9 Å². The van der Waals surface area contributed by atoms with Crippen molar-refractivity contribution in [2.24, 2.45) is 5.41 Å². The number of carboxylic acids is 1. The number of aryl methyl sites for hydroxylation is 1. The first-order valence-electron chi connectivity index (χ1n) is 15.5. The number of ether oxygens (including phenoxy) is 1. The molecule has 2 aromatic carbocycles. The number of rotatable bonds is 8. The molecule has 4 N–H and O–H groups in total. The van der Waals surface area contributed by atoms with E-state index in [-0.39, 0.29) is 34.5 Å². The molecule has 4 heterocycles. The van der Waals surface area contributed by atoms with E-state index in [1.807, 2.05) is 11.8 Å². The zero-order valence-corrected chi connectivity index (χ0v) is 27.6. The number of aliphatic carboxylic acids is 1. The average Bonchev–Trinajstić information content (AvgIpc) is 3.62. The molecule has 2 fully saturated rings. The highest BCUT2D eigenvalue weighted by Gasteiger charge is 2.50. The lowest BCUT2D eigenvalue weighted by Gasteiger charge is -2.43. The normalized spacial score (nSPS) is 19.9. The fraction of sp³-hybridized carbons (Fsp3) is 0.394. The summed E-state index contributed by atoms with van der Waals surface area (Å²) in [6, 6.07) is 11.8. The molecule has 254 valence electrons. The van der Waals surface area contributed by atoms with Gasteiger partial charge in [0, 0.05) is 47.0 Å². The molecule has 2 saturated heterocycles. The maximum atomic E-state index is 14.9. The summed E-state index contributed by atoms with van der Waals surface area (Å²) in [5, 5.41) is 18.0. The van der Waals surface area contributed by atoms with Crippen molar-refractivity contribution in [2.75, 3.05) is 23.7 Å². The second kappa shape index (κ2) is 13.1. The van der Waals surface area contributed by atoms with E-state index < -0.39 is 24.3 Å². The summed E-state index contributed by atoms with van der Waals surface area (Å²) in [6.07, 6.45) is -3.06. The van der Waals surface area contributed by atoms with Crippen molar-refractivity contribution in [3.05, 3.63) is 76.0 Å². The van der Waals surface area contributed by atoms with Gasteiger partial charge in [-0.05, 0) is 79.5 Å². The van der Waals surface area contributed by atoms with Crippen molar-refractivity contribution >= 4 is 40.9 Å². The molecule has 0 amide bonds. The van der Waals surface area contributed by atoms with E-state index in [0.717, 1.165) is 6.42 Å². The van der Waals surface area contributed by atoms with Gasteiger partial charge in [-0.25, -0.2) is 4.68 Å². The van der Waals surface area contributed by atoms with Crippen molar-refractivity contribution in [1.82, 2.24) is 25.1 Å². The number of nitrogen functional groups attached to an aromatic ring is 1. The molecule has 1 spiro atoms. The topological polar surface area (TPSA) is 131 Å². The van der Waals surface area contributed by atoms with Gasteiger partial charge in [-0.3, -0.25) is 4.79 Å². The molecule has 2 unspecified atom stereocenters. The minimum Gasteiger partial charge on any atom is -0.480 e. The van der Waals surface area contributed by atoms with Crippen LogP contribution >= 0.6 is 23.2 Å². The van der Waals surface area contributed by atoms with Crippen LogP contribution in [0.1, 0.15) is 50.0 Å². The number of alkyl halides is 3. The third-order valence-electron chi connectivity index (χ3n) is 9.26. The molecule has 0 radical (unpaired) electrons. The van der Waals surface area contributed by atoms with Crippen molar-refractivity contribution in [3.63, 3.8) is 0 Å². The second-order valence-electron chi connectivity index (χ2n) is 12.4. The van der Waals surface area contributed by atoms with Crippen LogP contribution in [0.25, 0.3) is 16.8 Å². The number of carboxylic acid groups (broad SMARTS) is 1. The highest BCUT2D eigenvalue weighted by molar-refractivity contribution is 6.35. The minimum absolute atomic E-state index is 0.0534. The van der Waals surface area contributed by atoms with Gasteiger partial charge >= 0.3 is 12.1 Å². The van der Waals surface area contributed by atoms with E-state index >= 15 is 0 Å². The molecule has 6 rings (SSSR count). The van der Waals surface area contributed by atoms with Gasteiger partial charge in [-0.2, -0.15) is 28.2 Å². The van der Waals surface area contributed by atoms with Crippen LogP contribution in [0, 0.1) is 12.3 Å². The molecule has 0 aliphatic carbocycles. The molecule has 0 bridgehead atoms. The summed E-state index contributed by atoms with van der Waals surface area (Å²) in [6.45, 7) is 4.79. The van der Waals surface area contributed by atoms with Crippen LogP contribution in [0.5, 0.6) is 5.88 Å². The maximum absolute atomic E-state index is 14.9. The smallest absolute Gasteiger partial charge is 0.429 e. The summed E-state index contributed by atoms with van der Waals surface area (Å²) in [5.41, 5.74) is 7.54. The van der Waals surface area contributed by atoms with Crippen LogP contribution in [0.15, 0.2) is 54.7 Å². The van der Waals surface area contributed by atoms with Gasteiger partial charge in [0.1, 0.15) is 11.9 Å². The third kappa shape index (κ3) is 6.90. The summed E-state index contributed by atoms with van der Waals surface area (Å²) >= 11 is 12.4. The van der Waals surface area contributed by atoms with Gasteiger partial charge in [-0.1, -0.05) is 42.3 Å².